The Hall–Kier alpha value is -1.87. The van der Waals surface area contributed by atoms with E-state index in [0.717, 1.165) is 11.0 Å². The van der Waals surface area contributed by atoms with Crippen molar-refractivity contribution < 1.29 is 0 Å². The summed E-state index contributed by atoms with van der Waals surface area (Å²) in [7, 11) is 1.88. The van der Waals surface area contributed by atoms with Crippen LogP contribution in [0.3, 0.4) is 0 Å². The van der Waals surface area contributed by atoms with E-state index in [2.05, 4.69) is 21.3 Å². The van der Waals surface area contributed by atoms with Crippen LogP contribution >= 0.6 is 11.8 Å². The van der Waals surface area contributed by atoms with Crippen LogP contribution < -0.4 is 0 Å². The van der Waals surface area contributed by atoms with Gasteiger partial charge in [0.15, 0.2) is 5.16 Å². The van der Waals surface area contributed by atoms with E-state index in [1.54, 1.807) is 18.3 Å². The normalized spacial score (nSPS) is 10.1. The molecule has 0 N–H and O–H groups in total. The molecule has 0 spiro atoms. The third-order valence-electron chi connectivity index (χ3n) is 2.13. The first-order valence-corrected chi connectivity index (χ1v) is 5.43. The van der Waals surface area contributed by atoms with E-state index >= 15 is 0 Å². The molecule has 0 saturated heterocycles. The third-order valence-corrected chi connectivity index (χ3v) is 3.19. The largest absolute Gasteiger partial charge is 0.309 e. The fraction of sp³-hybridized carbons (Fsp3) is 0.200. The smallest absolute Gasteiger partial charge is 0.197 e. The molecule has 0 aliphatic rings. The summed E-state index contributed by atoms with van der Waals surface area (Å²) in [6.45, 7) is 1.88. The Kier molecular flexibility index (Phi) is 2.88. The molecule has 0 aromatic carbocycles. The Labute approximate surface area is 97.1 Å². The molecule has 2 aromatic rings. The van der Waals surface area contributed by atoms with Crippen molar-refractivity contribution >= 4 is 11.8 Å². The molecule has 2 heterocycles. The number of nitrogens with zero attached hydrogens (tertiary/aromatic N) is 5. The first kappa shape index (κ1) is 10.6. The summed E-state index contributed by atoms with van der Waals surface area (Å²) in [5.74, 6) is 0.830. The molecule has 80 valence electrons. The summed E-state index contributed by atoms with van der Waals surface area (Å²) in [5, 5.41) is 18.3. The van der Waals surface area contributed by atoms with Gasteiger partial charge in [-0.3, -0.25) is 0 Å². The van der Waals surface area contributed by atoms with Crippen LogP contribution in [0.2, 0.25) is 0 Å². The lowest BCUT2D eigenvalue weighted by Gasteiger charge is -2.01. The van der Waals surface area contributed by atoms with Crippen molar-refractivity contribution in [3.05, 3.63) is 29.7 Å². The summed E-state index contributed by atoms with van der Waals surface area (Å²) in [6, 6.07) is 5.58. The van der Waals surface area contributed by atoms with Gasteiger partial charge in [0, 0.05) is 13.2 Å². The quantitative estimate of drug-likeness (QED) is 0.784. The van der Waals surface area contributed by atoms with Crippen LogP contribution in [0.1, 0.15) is 11.4 Å². The molecular weight excluding hydrogens is 222 g/mol. The minimum Gasteiger partial charge on any atom is -0.309 e. The molecule has 2 rings (SSSR count). The minimum atomic E-state index is 0.549. The summed E-state index contributed by atoms with van der Waals surface area (Å²) in [6.07, 6.45) is 1.66. The van der Waals surface area contributed by atoms with Crippen molar-refractivity contribution in [2.45, 2.75) is 17.1 Å². The Balaban J connectivity index is 2.35. The average Bonchev–Trinajstić information content (AvgIpc) is 2.62. The lowest BCUT2D eigenvalue weighted by atomic mass is 10.3. The Morgan fingerprint density at radius 1 is 1.44 bits per heavy atom. The van der Waals surface area contributed by atoms with Gasteiger partial charge in [-0.1, -0.05) is 0 Å². The number of hydrogen-bond donors (Lipinski definition) is 0. The van der Waals surface area contributed by atoms with E-state index in [0.29, 0.717) is 10.6 Å². The van der Waals surface area contributed by atoms with Crippen molar-refractivity contribution in [2.24, 2.45) is 7.05 Å². The van der Waals surface area contributed by atoms with Crippen LogP contribution in [0.25, 0.3) is 0 Å². The highest BCUT2D eigenvalue weighted by atomic mass is 32.2. The van der Waals surface area contributed by atoms with Gasteiger partial charge in [-0.05, 0) is 30.8 Å². The maximum Gasteiger partial charge on any atom is 0.197 e. The molecule has 0 saturated carbocycles. The van der Waals surface area contributed by atoms with E-state index in [1.807, 2.05) is 18.5 Å². The second-order valence-electron chi connectivity index (χ2n) is 3.16. The molecule has 0 amide bonds. The van der Waals surface area contributed by atoms with Crippen molar-refractivity contribution in [2.75, 3.05) is 0 Å². The van der Waals surface area contributed by atoms with E-state index in [4.69, 9.17) is 5.26 Å². The topological polar surface area (TPSA) is 67.4 Å². The molecule has 0 aliphatic carbocycles. The van der Waals surface area contributed by atoms with Crippen molar-refractivity contribution in [3.63, 3.8) is 0 Å². The molecular formula is C10H9N5S. The van der Waals surface area contributed by atoms with Gasteiger partial charge in [0.25, 0.3) is 0 Å². The predicted molar refractivity (Wildman–Crippen MR) is 58.8 cm³/mol. The van der Waals surface area contributed by atoms with Crippen LogP contribution in [0.5, 0.6) is 0 Å². The van der Waals surface area contributed by atoms with Crippen LogP contribution in [0.15, 0.2) is 28.5 Å². The van der Waals surface area contributed by atoms with Crippen molar-refractivity contribution in [1.82, 2.24) is 19.7 Å². The highest BCUT2D eigenvalue weighted by Gasteiger charge is 2.10. The van der Waals surface area contributed by atoms with Gasteiger partial charge in [-0.25, -0.2) is 4.98 Å². The Morgan fingerprint density at radius 3 is 2.88 bits per heavy atom. The fourth-order valence-electron chi connectivity index (χ4n) is 1.12. The van der Waals surface area contributed by atoms with Crippen LogP contribution in [0, 0.1) is 18.3 Å². The van der Waals surface area contributed by atoms with Crippen LogP contribution in [0.4, 0.5) is 0 Å². The maximum absolute atomic E-state index is 8.92. The zero-order chi connectivity index (χ0) is 11.5. The zero-order valence-corrected chi connectivity index (χ0v) is 9.69. The molecule has 16 heavy (non-hydrogen) atoms. The van der Waals surface area contributed by atoms with E-state index in [9.17, 15) is 0 Å². The zero-order valence-electron chi connectivity index (χ0n) is 8.88. The highest BCUT2D eigenvalue weighted by Crippen LogP contribution is 2.26. The third kappa shape index (κ3) is 1.90. The number of nitriles is 1. The number of rotatable bonds is 2. The van der Waals surface area contributed by atoms with Gasteiger partial charge < -0.3 is 4.57 Å². The summed E-state index contributed by atoms with van der Waals surface area (Å²) >= 11 is 1.34. The van der Waals surface area contributed by atoms with Gasteiger partial charge in [0.1, 0.15) is 16.9 Å². The SMILES string of the molecule is Cc1nnc(Sc2ncccc2C#N)n1C. The maximum atomic E-state index is 8.92. The summed E-state index contributed by atoms with van der Waals surface area (Å²) < 4.78 is 1.86. The van der Waals surface area contributed by atoms with E-state index in [-0.39, 0.29) is 0 Å². The highest BCUT2D eigenvalue weighted by molar-refractivity contribution is 7.99. The van der Waals surface area contributed by atoms with Gasteiger partial charge in [-0.15, -0.1) is 10.2 Å². The lowest BCUT2D eigenvalue weighted by molar-refractivity contribution is 0.764. The van der Waals surface area contributed by atoms with Crippen LogP contribution in [-0.4, -0.2) is 19.7 Å². The lowest BCUT2D eigenvalue weighted by Crippen LogP contribution is -1.94. The van der Waals surface area contributed by atoms with E-state index in [1.165, 1.54) is 11.8 Å². The van der Waals surface area contributed by atoms with Gasteiger partial charge >= 0.3 is 0 Å². The average molecular weight is 231 g/mol. The molecule has 0 radical (unpaired) electrons. The van der Waals surface area contributed by atoms with Gasteiger partial charge in [-0.2, -0.15) is 5.26 Å². The standard InChI is InChI=1S/C10H9N5S/c1-7-13-14-10(15(7)2)16-9-8(6-11)4-3-5-12-9/h3-5H,1-2H3. The van der Waals surface area contributed by atoms with Crippen LogP contribution in [-0.2, 0) is 7.05 Å². The summed E-state index contributed by atoms with van der Waals surface area (Å²) in [4.78, 5) is 4.15. The molecule has 6 heteroatoms. The number of aromatic nitrogens is 4. The second-order valence-corrected chi connectivity index (χ2v) is 4.11. The Morgan fingerprint density at radius 2 is 2.25 bits per heavy atom. The van der Waals surface area contributed by atoms with Crippen molar-refractivity contribution in [1.29, 1.82) is 5.26 Å². The fourth-order valence-corrected chi connectivity index (χ4v) is 1.98. The number of hydrogen-bond acceptors (Lipinski definition) is 5. The van der Waals surface area contributed by atoms with Gasteiger partial charge in [0.05, 0.1) is 5.56 Å². The molecule has 0 atom stereocenters. The predicted octanol–water partition coefficient (Wildman–Crippen LogP) is 1.54. The monoisotopic (exact) mass is 231 g/mol. The Bertz CT molecular complexity index is 555. The van der Waals surface area contributed by atoms with Crippen molar-refractivity contribution in [3.8, 4) is 6.07 Å². The molecule has 0 fully saturated rings. The molecule has 0 aliphatic heterocycles. The number of aryl methyl sites for hydroxylation is 1. The summed E-state index contributed by atoms with van der Waals surface area (Å²) in [5.41, 5.74) is 0.549. The molecule has 2 aromatic heterocycles. The number of pyridine rings is 1. The van der Waals surface area contributed by atoms with E-state index < -0.39 is 0 Å². The first-order valence-electron chi connectivity index (χ1n) is 4.61. The van der Waals surface area contributed by atoms with Gasteiger partial charge in [0.2, 0.25) is 0 Å². The molecule has 0 bridgehead atoms. The second kappa shape index (κ2) is 4.33. The molecule has 5 nitrogen and oxygen atoms in total. The molecule has 0 unspecified atom stereocenters. The first-order chi connectivity index (χ1) is 7.72. The minimum absolute atomic E-state index is 0.549.